The number of methoxy groups -OCH3 is 1. The van der Waals surface area contributed by atoms with Gasteiger partial charge in [-0.1, -0.05) is 19.1 Å². The van der Waals surface area contributed by atoms with Crippen molar-refractivity contribution in [1.29, 1.82) is 0 Å². The van der Waals surface area contributed by atoms with E-state index in [1.54, 1.807) is 19.2 Å². The van der Waals surface area contributed by atoms with Crippen molar-refractivity contribution in [3.05, 3.63) is 59.3 Å². The van der Waals surface area contributed by atoms with E-state index in [2.05, 4.69) is 10.3 Å². The zero-order valence-corrected chi connectivity index (χ0v) is 22.4. The summed E-state index contributed by atoms with van der Waals surface area (Å²) in [6.07, 6.45) is 1.43. The highest BCUT2D eigenvalue weighted by atomic mass is 16.5. The molecule has 1 unspecified atom stereocenters. The Kier molecular flexibility index (Phi) is 7.45. The first kappa shape index (κ1) is 26.3. The quantitative estimate of drug-likeness (QED) is 0.292. The van der Waals surface area contributed by atoms with Gasteiger partial charge in [0.2, 0.25) is 11.8 Å². The Balaban J connectivity index is 1.60. The van der Waals surface area contributed by atoms with Gasteiger partial charge < -0.3 is 24.9 Å². The number of aromatic hydroxyl groups is 1. The molecule has 0 spiro atoms. The van der Waals surface area contributed by atoms with Crippen molar-refractivity contribution in [3.63, 3.8) is 0 Å². The topological polar surface area (TPSA) is 104 Å². The van der Waals surface area contributed by atoms with E-state index in [0.717, 1.165) is 33.5 Å². The first-order valence-corrected chi connectivity index (χ1v) is 13.5. The Hall–Kier alpha value is -3.36. The van der Waals surface area contributed by atoms with E-state index in [9.17, 15) is 14.7 Å². The number of carbonyl (C=O) groups excluding carboxylic acids is 2. The Labute approximate surface area is 223 Å². The molecule has 1 aliphatic carbocycles. The van der Waals surface area contributed by atoms with Crippen LogP contribution < -0.4 is 10.1 Å². The SMILES string of the molecule is CCOc1ccc2[nH]c3c(c2c1)C[C@@]1(C)C(=O)N(CCNCCOC)C(=O)CCC1[C@@H]3c1cccc(O)c1. The summed E-state index contributed by atoms with van der Waals surface area (Å²) in [6, 6.07) is 13.3. The Bertz CT molecular complexity index is 1330. The van der Waals surface area contributed by atoms with Crippen LogP contribution in [0.1, 0.15) is 49.4 Å². The molecular weight excluding hydrogens is 482 g/mol. The zero-order valence-electron chi connectivity index (χ0n) is 22.4. The summed E-state index contributed by atoms with van der Waals surface area (Å²) in [6.45, 7) is 6.63. The molecule has 1 fully saturated rings. The van der Waals surface area contributed by atoms with Gasteiger partial charge in [0, 0.05) is 55.7 Å². The number of benzene rings is 2. The van der Waals surface area contributed by atoms with Crippen LogP contribution in [0.25, 0.3) is 10.9 Å². The maximum Gasteiger partial charge on any atom is 0.235 e. The van der Waals surface area contributed by atoms with Crippen LogP contribution in [0.3, 0.4) is 0 Å². The van der Waals surface area contributed by atoms with Gasteiger partial charge >= 0.3 is 0 Å². The molecule has 202 valence electrons. The number of amides is 2. The predicted molar refractivity (Wildman–Crippen MR) is 145 cm³/mol. The molecular formula is C30H37N3O5. The lowest BCUT2D eigenvalue weighted by molar-refractivity contribution is -0.151. The van der Waals surface area contributed by atoms with Crippen molar-refractivity contribution in [2.75, 3.05) is 40.0 Å². The lowest BCUT2D eigenvalue weighted by Crippen LogP contribution is -2.51. The Morgan fingerprint density at radius 1 is 1.18 bits per heavy atom. The van der Waals surface area contributed by atoms with Gasteiger partial charge in [-0.25, -0.2) is 0 Å². The van der Waals surface area contributed by atoms with Crippen molar-refractivity contribution < 1.29 is 24.2 Å². The van der Waals surface area contributed by atoms with Crippen LogP contribution in [0.15, 0.2) is 42.5 Å². The van der Waals surface area contributed by atoms with E-state index in [-0.39, 0.29) is 29.4 Å². The summed E-state index contributed by atoms with van der Waals surface area (Å²) in [5, 5.41) is 14.7. The molecule has 2 amide bonds. The van der Waals surface area contributed by atoms with Gasteiger partial charge in [-0.3, -0.25) is 14.5 Å². The van der Waals surface area contributed by atoms with E-state index in [1.807, 2.05) is 44.2 Å². The van der Waals surface area contributed by atoms with Crippen molar-refractivity contribution >= 4 is 22.7 Å². The summed E-state index contributed by atoms with van der Waals surface area (Å²) >= 11 is 0. The van der Waals surface area contributed by atoms with Crippen LogP contribution in [0.2, 0.25) is 0 Å². The van der Waals surface area contributed by atoms with Gasteiger partial charge in [-0.05, 0) is 67.1 Å². The van der Waals surface area contributed by atoms with Crippen LogP contribution in [-0.4, -0.2) is 66.8 Å². The molecule has 3 N–H and O–H groups in total. The van der Waals surface area contributed by atoms with Gasteiger partial charge in [0.15, 0.2) is 0 Å². The van der Waals surface area contributed by atoms with E-state index in [1.165, 1.54) is 4.90 Å². The van der Waals surface area contributed by atoms with E-state index in [4.69, 9.17) is 9.47 Å². The molecule has 8 nitrogen and oxygen atoms in total. The molecule has 0 radical (unpaired) electrons. The minimum atomic E-state index is -0.793. The lowest BCUT2D eigenvalue weighted by atomic mass is 9.59. The molecule has 0 saturated carbocycles. The average molecular weight is 520 g/mol. The Morgan fingerprint density at radius 2 is 2.03 bits per heavy atom. The van der Waals surface area contributed by atoms with Crippen LogP contribution in [0, 0.1) is 11.3 Å². The third kappa shape index (κ3) is 4.67. The number of fused-ring (bicyclic) bond motifs is 4. The van der Waals surface area contributed by atoms with Crippen molar-refractivity contribution in [2.45, 2.75) is 39.0 Å². The Morgan fingerprint density at radius 3 is 2.79 bits per heavy atom. The molecule has 3 atom stereocenters. The molecule has 1 aromatic heterocycles. The van der Waals surface area contributed by atoms with Gasteiger partial charge in [-0.2, -0.15) is 0 Å². The average Bonchev–Trinajstić information content (AvgIpc) is 3.21. The molecule has 2 aliphatic rings. The number of phenols is 1. The number of hydrogen-bond donors (Lipinski definition) is 3. The third-order valence-electron chi connectivity index (χ3n) is 8.23. The summed E-state index contributed by atoms with van der Waals surface area (Å²) < 4.78 is 10.9. The number of phenolic OH excluding ortho intramolecular Hbond substituents is 1. The van der Waals surface area contributed by atoms with Crippen LogP contribution >= 0.6 is 0 Å². The minimum absolute atomic E-state index is 0.112. The molecule has 1 aliphatic heterocycles. The monoisotopic (exact) mass is 519 g/mol. The number of likely N-dealkylation sites (tertiary alicyclic amines) is 1. The van der Waals surface area contributed by atoms with Crippen LogP contribution in [-0.2, 0) is 20.7 Å². The number of imide groups is 1. The second-order valence-corrected chi connectivity index (χ2v) is 10.6. The van der Waals surface area contributed by atoms with Crippen molar-refractivity contribution in [3.8, 4) is 11.5 Å². The molecule has 8 heteroatoms. The number of aromatic nitrogens is 1. The molecule has 3 aromatic rings. The maximum absolute atomic E-state index is 14.3. The number of hydrogen-bond acceptors (Lipinski definition) is 6. The van der Waals surface area contributed by atoms with E-state index < -0.39 is 5.41 Å². The first-order chi connectivity index (χ1) is 18.4. The number of nitrogens with one attached hydrogen (secondary N) is 2. The maximum atomic E-state index is 14.3. The highest BCUT2D eigenvalue weighted by Crippen LogP contribution is 2.55. The smallest absolute Gasteiger partial charge is 0.235 e. The number of carbonyl (C=O) groups is 2. The fourth-order valence-electron chi connectivity index (χ4n) is 6.42. The standard InChI is InChI=1S/C30H37N3O5/c1-4-38-21-8-10-25-22(17-21)23-18-30(2)24(27(28(23)32-25)19-6-5-7-20(34)16-19)9-11-26(35)33(29(30)36)14-12-31-13-15-37-3/h5-8,10,16-17,24,27,31-32,34H,4,9,11-15,18H2,1-3H3/t24?,27-,30+/m0/s1. The third-order valence-corrected chi connectivity index (χ3v) is 8.23. The van der Waals surface area contributed by atoms with Crippen molar-refractivity contribution in [2.24, 2.45) is 11.3 Å². The van der Waals surface area contributed by atoms with Gasteiger partial charge in [-0.15, -0.1) is 0 Å². The largest absolute Gasteiger partial charge is 0.508 e. The number of rotatable bonds is 9. The zero-order chi connectivity index (χ0) is 26.9. The summed E-state index contributed by atoms with van der Waals surface area (Å²) in [4.78, 5) is 32.6. The molecule has 5 rings (SSSR count). The number of H-pyrrole nitrogens is 1. The summed E-state index contributed by atoms with van der Waals surface area (Å²) in [5.74, 6) is 0.444. The van der Waals surface area contributed by atoms with E-state index in [0.29, 0.717) is 52.1 Å². The lowest BCUT2D eigenvalue weighted by Gasteiger charge is -2.45. The second-order valence-electron chi connectivity index (χ2n) is 10.6. The van der Waals surface area contributed by atoms with Crippen LogP contribution in [0.5, 0.6) is 11.5 Å². The summed E-state index contributed by atoms with van der Waals surface area (Å²) in [5.41, 5.74) is 3.27. The normalized spacial score (nSPS) is 23.3. The highest BCUT2D eigenvalue weighted by Gasteiger charge is 2.54. The van der Waals surface area contributed by atoms with Crippen LogP contribution in [0.4, 0.5) is 0 Å². The highest BCUT2D eigenvalue weighted by molar-refractivity contribution is 6.00. The first-order valence-electron chi connectivity index (χ1n) is 13.5. The minimum Gasteiger partial charge on any atom is -0.508 e. The van der Waals surface area contributed by atoms with Gasteiger partial charge in [0.25, 0.3) is 0 Å². The second kappa shape index (κ2) is 10.8. The fourth-order valence-corrected chi connectivity index (χ4v) is 6.42. The molecule has 0 bridgehead atoms. The number of ether oxygens (including phenoxy) is 2. The molecule has 1 saturated heterocycles. The van der Waals surface area contributed by atoms with Gasteiger partial charge in [0.05, 0.1) is 18.6 Å². The number of nitrogens with zero attached hydrogens (tertiary/aromatic N) is 1. The summed E-state index contributed by atoms with van der Waals surface area (Å²) in [7, 11) is 1.65. The molecule has 2 aromatic carbocycles. The fraction of sp³-hybridized carbons (Fsp3) is 0.467. The van der Waals surface area contributed by atoms with E-state index >= 15 is 0 Å². The predicted octanol–water partition coefficient (Wildman–Crippen LogP) is 3.97. The van der Waals surface area contributed by atoms with Crippen molar-refractivity contribution in [1.82, 2.24) is 15.2 Å². The molecule has 2 heterocycles. The number of aromatic amines is 1. The van der Waals surface area contributed by atoms with Gasteiger partial charge in [0.1, 0.15) is 11.5 Å². The molecule has 38 heavy (non-hydrogen) atoms.